The van der Waals surface area contributed by atoms with Gasteiger partial charge in [-0.25, -0.2) is 0 Å². The molecule has 82 valence electrons. The first-order chi connectivity index (χ1) is 7.07. The highest BCUT2D eigenvalue weighted by molar-refractivity contribution is 8.00. The van der Waals surface area contributed by atoms with Gasteiger partial charge in [0.15, 0.2) is 6.10 Å². The Labute approximate surface area is 96.6 Å². The van der Waals surface area contributed by atoms with Crippen LogP contribution < -0.4 is 0 Å². The molecule has 1 fully saturated rings. The Hall–Kier alpha value is -0.520. The van der Waals surface area contributed by atoms with Crippen molar-refractivity contribution >= 4 is 34.5 Å². The summed E-state index contributed by atoms with van der Waals surface area (Å²) in [6.45, 7) is 1.81. The second-order valence-electron chi connectivity index (χ2n) is 3.47. The van der Waals surface area contributed by atoms with Gasteiger partial charge in [0.1, 0.15) is 11.1 Å². The van der Waals surface area contributed by atoms with E-state index < -0.39 is 11.3 Å². The number of halogens is 1. The monoisotopic (exact) mass is 247 g/mol. The van der Waals surface area contributed by atoms with E-state index in [9.17, 15) is 9.59 Å². The average molecular weight is 248 g/mol. The molecule has 2 aliphatic rings. The first-order valence-corrected chi connectivity index (χ1v) is 5.87. The van der Waals surface area contributed by atoms with Crippen molar-refractivity contribution in [3.63, 3.8) is 0 Å². The number of carbonyl (C=O) groups excluding carboxylic acids is 2. The number of hydrogen-bond donors (Lipinski definition) is 0. The Kier molecular flexibility index (Phi) is 2.79. The van der Waals surface area contributed by atoms with Crippen molar-refractivity contribution in [2.45, 2.75) is 18.4 Å². The second kappa shape index (κ2) is 3.81. The Morgan fingerprint density at radius 2 is 2.33 bits per heavy atom. The normalized spacial score (nSPS) is 30.1. The van der Waals surface area contributed by atoms with Gasteiger partial charge in [0, 0.05) is 12.9 Å². The first-order valence-electron chi connectivity index (χ1n) is 4.45. The number of methoxy groups -OCH3 is 1. The summed E-state index contributed by atoms with van der Waals surface area (Å²) in [6.07, 6.45) is -0.436. The molecule has 0 N–H and O–H groups in total. The molecule has 2 atom stereocenters. The van der Waals surface area contributed by atoms with Crippen molar-refractivity contribution in [2.75, 3.05) is 12.9 Å². The zero-order valence-electron chi connectivity index (χ0n) is 8.32. The smallest absolute Gasteiger partial charge is 0.268 e. The van der Waals surface area contributed by atoms with Crippen LogP contribution in [0.4, 0.5) is 0 Å². The minimum atomic E-state index is -0.569. The molecule has 6 heteroatoms. The maximum atomic E-state index is 11.6. The molecule has 0 aromatic heterocycles. The third-order valence-electron chi connectivity index (χ3n) is 2.55. The molecule has 0 bridgehead atoms. The van der Waals surface area contributed by atoms with Crippen LogP contribution in [0.5, 0.6) is 0 Å². The van der Waals surface area contributed by atoms with Gasteiger partial charge in [-0.3, -0.25) is 14.5 Å². The molecule has 0 aromatic carbocycles. The maximum Gasteiger partial charge on any atom is 0.268 e. The van der Waals surface area contributed by atoms with Crippen molar-refractivity contribution < 1.29 is 14.3 Å². The molecule has 2 aliphatic heterocycles. The van der Waals surface area contributed by atoms with Crippen molar-refractivity contribution in [1.82, 2.24) is 4.90 Å². The van der Waals surface area contributed by atoms with Crippen LogP contribution in [0.3, 0.4) is 0 Å². The summed E-state index contributed by atoms with van der Waals surface area (Å²) in [5.74, 6) is 0.528. The van der Waals surface area contributed by atoms with Gasteiger partial charge in [0.05, 0.1) is 0 Å². The van der Waals surface area contributed by atoms with Crippen LogP contribution in [-0.4, -0.2) is 40.4 Å². The summed E-state index contributed by atoms with van der Waals surface area (Å²) in [6, 6.07) is 0. The Morgan fingerprint density at radius 1 is 1.67 bits per heavy atom. The van der Waals surface area contributed by atoms with E-state index in [1.807, 2.05) is 6.92 Å². The SMILES string of the molecule is COC1C(=O)N2C(C(=O)Cl)=C(C)CS[C@H]12. The molecule has 0 spiro atoms. The van der Waals surface area contributed by atoms with Gasteiger partial charge in [0.25, 0.3) is 11.1 Å². The molecule has 1 unspecified atom stereocenters. The van der Waals surface area contributed by atoms with Crippen molar-refractivity contribution in [3.05, 3.63) is 11.3 Å². The standard InChI is InChI=1S/C9H10ClNO3S/c1-4-3-15-9-6(14-2)8(13)11(9)5(4)7(10)12/h6,9H,3H2,1-2H3/t6?,9-/m1/s1. The molecule has 2 heterocycles. The van der Waals surface area contributed by atoms with E-state index in [4.69, 9.17) is 16.3 Å². The number of β-lactam (4-membered cyclic amide) rings is 1. The molecule has 0 radical (unpaired) electrons. The Morgan fingerprint density at radius 3 is 2.87 bits per heavy atom. The maximum absolute atomic E-state index is 11.6. The highest BCUT2D eigenvalue weighted by Gasteiger charge is 2.53. The number of rotatable bonds is 2. The van der Waals surface area contributed by atoms with Crippen LogP contribution in [0.15, 0.2) is 11.3 Å². The lowest BCUT2D eigenvalue weighted by Crippen LogP contribution is -2.65. The lowest BCUT2D eigenvalue weighted by atomic mass is 10.1. The highest BCUT2D eigenvalue weighted by atomic mass is 35.5. The number of amides is 1. The van der Waals surface area contributed by atoms with Crippen LogP contribution in [0.25, 0.3) is 0 Å². The van der Waals surface area contributed by atoms with Crippen LogP contribution >= 0.6 is 23.4 Å². The van der Waals surface area contributed by atoms with Crippen molar-refractivity contribution in [1.29, 1.82) is 0 Å². The van der Waals surface area contributed by atoms with Gasteiger partial charge in [-0.15, -0.1) is 11.8 Å². The Balaban J connectivity index is 2.32. The third kappa shape index (κ3) is 1.49. The number of nitrogens with zero attached hydrogens (tertiary/aromatic N) is 1. The van der Waals surface area contributed by atoms with Gasteiger partial charge >= 0.3 is 0 Å². The number of hydrogen-bond acceptors (Lipinski definition) is 4. The molecule has 2 rings (SSSR count). The average Bonchev–Trinajstić information content (AvgIpc) is 2.18. The first kappa shape index (κ1) is 11.0. The fourth-order valence-electron chi connectivity index (χ4n) is 1.80. The van der Waals surface area contributed by atoms with E-state index in [-0.39, 0.29) is 11.3 Å². The van der Waals surface area contributed by atoms with Gasteiger partial charge < -0.3 is 4.74 Å². The zero-order chi connectivity index (χ0) is 11.2. The van der Waals surface area contributed by atoms with E-state index in [0.29, 0.717) is 11.4 Å². The lowest BCUT2D eigenvalue weighted by Gasteiger charge is -2.48. The topological polar surface area (TPSA) is 46.6 Å². The fraction of sp³-hybridized carbons (Fsp3) is 0.556. The minimum Gasteiger partial charge on any atom is -0.368 e. The van der Waals surface area contributed by atoms with E-state index in [1.54, 1.807) is 11.8 Å². The van der Waals surface area contributed by atoms with E-state index >= 15 is 0 Å². The minimum absolute atomic E-state index is 0.0936. The van der Waals surface area contributed by atoms with Gasteiger partial charge in [0.2, 0.25) is 0 Å². The van der Waals surface area contributed by atoms with Crippen molar-refractivity contribution in [2.24, 2.45) is 0 Å². The molecular formula is C9H10ClNO3S. The van der Waals surface area contributed by atoms with E-state index in [1.165, 1.54) is 12.0 Å². The molecule has 4 nitrogen and oxygen atoms in total. The second-order valence-corrected chi connectivity index (χ2v) is 4.92. The lowest BCUT2D eigenvalue weighted by molar-refractivity contribution is -0.159. The molecule has 0 aliphatic carbocycles. The van der Waals surface area contributed by atoms with Crippen LogP contribution in [0.1, 0.15) is 6.92 Å². The molecule has 15 heavy (non-hydrogen) atoms. The summed E-state index contributed by atoms with van der Waals surface area (Å²) in [5.41, 5.74) is 1.18. The van der Waals surface area contributed by atoms with E-state index in [0.717, 1.165) is 5.57 Å². The summed E-state index contributed by atoms with van der Waals surface area (Å²) >= 11 is 7.05. The quantitative estimate of drug-likeness (QED) is 0.539. The van der Waals surface area contributed by atoms with Gasteiger partial charge in [-0.05, 0) is 24.1 Å². The van der Waals surface area contributed by atoms with Crippen molar-refractivity contribution in [3.8, 4) is 0 Å². The fourth-order valence-corrected chi connectivity index (χ4v) is 3.37. The molecule has 0 saturated carbocycles. The predicted octanol–water partition coefficient (Wildman–Crippen LogP) is 0.956. The zero-order valence-corrected chi connectivity index (χ0v) is 9.89. The molecule has 1 saturated heterocycles. The number of allylic oxidation sites excluding steroid dienone is 1. The number of thioether (sulfide) groups is 1. The summed E-state index contributed by atoms with van der Waals surface area (Å²) in [4.78, 5) is 24.3. The van der Waals surface area contributed by atoms with Gasteiger partial charge in [-0.1, -0.05) is 0 Å². The number of carbonyl (C=O) groups is 2. The summed E-state index contributed by atoms with van der Waals surface area (Å²) in [5, 5.41) is -0.662. The van der Waals surface area contributed by atoms with Crippen LogP contribution in [0.2, 0.25) is 0 Å². The third-order valence-corrected chi connectivity index (χ3v) is 4.13. The number of ether oxygens (including phenoxy) is 1. The van der Waals surface area contributed by atoms with Crippen LogP contribution in [-0.2, 0) is 14.3 Å². The molecular weight excluding hydrogens is 238 g/mol. The van der Waals surface area contributed by atoms with Gasteiger partial charge in [-0.2, -0.15) is 0 Å². The summed E-state index contributed by atoms with van der Waals surface area (Å²) < 4.78 is 5.04. The predicted molar refractivity (Wildman–Crippen MR) is 57.4 cm³/mol. The molecule has 1 amide bonds. The Bertz CT molecular complexity index is 368. The highest BCUT2D eigenvalue weighted by Crippen LogP contribution is 2.41. The van der Waals surface area contributed by atoms with Crippen LogP contribution in [0, 0.1) is 0 Å². The number of fused-ring (bicyclic) bond motifs is 1. The van der Waals surface area contributed by atoms with E-state index in [2.05, 4.69) is 0 Å². The summed E-state index contributed by atoms with van der Waals surface area (Å²) in [7, 11) is 1.49. The molecule has 0 aromatic rings. The largest absolute Gasteiger partial charge is 0.368 e.